The molecule has 0 saturated carbocycles. The number of hydrogen-bond acceptors (Lipinski definition) is 3. The van der Waals surface area contributed by atoms with Crippen molar-refractivity contribution in [2.75, 3.05) is 18.0 Å². The van der Waals surface area contributed by atoms with Crippen LogP contribution in [0.2, 0.25) is 10.0 Å². The predicted molar refractivity (Wildman–Crippen MR) is 165 cm³/mol. The summed E-state index contributed by atoms with van der Waals surface area (Å²) in [5.41, 5.74) is 6.33. The van der Waals surface area contributed by atoms with E-state index in [2.05, 4.69) is 23.8 Å². The number of fused-ring (bicyclic) bond motifs is 1. The van der Waals surface area contributed by atoms with Crippen molar-refractivity contribution in [2.45, 2.75) is 78.9 Å². The first-order chi connectivity index (χ1) is 19.5. The van der Waals surface area contributed by atoms with Crippen LogP contribution in [0.5, 0.6) is 0 Å². The second kappa shape index (κ2) is 11.7. The lowest BCUT2D eigenvalue weighted by atomic mass is 9.91. The molecule has 3 aromatic rings. The Bertz CT molecular complexity index is 1470. The smallest absolute Gasteiger partial charge is 0.317 e. The second-order valence-electron chi connectivity index (χ2n) is 12.0. The van der Waals surface area contributed by atoms with E-state index in [0.717, 1.165) is 53.0 Å². The van der Waals surface area contributed by atoms with Crippen molar-refractivity contribution in [3.05, 3.63) is 80.1 Å². The number of anilines is 1. The Morgan fingerprint density at radius 1 is 1.00 bits per heavy atom. The number of carbonyl (C=O) groups is 2. The Labute approximate surface area is 252 Å². The fraction of sp³-hybridized carbons (Fsp3) is 0.469. The van der Waals surface area contributed by atoms with Crippen LogP contribution in [-0.4, -0.2) is 45.8 Å². The molecular formula is C32H39Cl2N5O2. The highest BCUT2D eigenvalue weighted by molar-refractivity contribution is 6.31. The van der Waals surface area contributed by atoms with E-state index < -0.39 is 0 Å². The number of halogens is 2. The van der Waals surface area contributed by atoms with E-state index in [0.29, 0.717) is 34.7 Å². The number of aromatic nitrogens is 2. The molecular weight excluding hydrogens is 557 g/mol. The van der Waals surface area contributed by atoms with E-state index in [-0.39, 0.29) is 29.9 Å². The fourth-order valence-electron chi connectivity index (χ4n) is 6.26. The summed E-state index contributed by atoms with van der Waals surface area (Å²) in [6, 6.07) is 11.3. The first-order valence-corrected chi connectivity index (χ1v) is 15.2. The van der Waals surface area contributed by atoms with Gasteiger partial charge in [-0.05, 0) is 93.3 Å². The number of urea groups is 1. The maximum Gasteiger partial charge on any atom is 0.317 e. The van der Waals surface area contributed by atoms with Crippen LogP contribution in [0.1, 0.15) is 90.9 Å². The van der Waals surface area contributed by atoms with Gasteiger partial charge in [-0.3, -0.25) is 14.4 Å². The van der Waals surface area contributed by atoms with Gasteiger partial charge >= 0.3 is 6.03 Å². The number of aryl methyl sites for hydroxylation is 2. The van der Waals surface area contributed by atoms with E-state index in [4.69, 9.17) is 28.3 Å². The van der Waals surface area contributed by atoms with Gasteiger partial charge in [0, 0.05) is 52.7 Å². The molecule has 3 heterocycles. The molecule has 9 heteroatoms. The van der Waals surface area contributed by atoms with Crippen molar-refractivity contribution in [3.63, 3.8) is 0 Å². The van der Waals surface area contributed by atoms with Gasteiger partial charge in [-0.15, -0.1) is 0 Å². The van der Waals surface area contributed by atoms with Crippen molar-refractivity contribution in [3.8, 4) is 0 Å². The third-order valence-corrected chi connectivity index (χ3v) is 8.70. The summed E-state index contributed by atoms with van der Waals surface area (Å²) in [7, 11) is 0. The van der Waals surface area contributed by atoms with Crippen LogP contribution in [0.15, 0.2) is 36.4 Å². The lowest BCUT2D eigenvalue weighted by molar-refractivity contribution is 0.0986. The Kier molecular flexibility index (Phi) is 8.40. The molecule has 7 nitrogen and oxygen atoms in total. The minimum absolute atomic E-state index is 0.00237. The Morgan fingerprint density at radius 3 is 2.29 bits per heavy atom. The lowest BCUT2D eigenvalue weighted by Crippen LogP contribution is -2.47. The Balaban J connectivity index is 1.53. The van der Waals surface area contributed by atoms with Gasteiger partial charge in [0.1, 0.15) is 0 Å². The van der Waals surface area contributed by atoms with Crippen molar-refractivity contribution in [2.24, 2.45) is 5.92 Å². The van der Waals surface area contributed by atoms with E-state index in [1.54, 1.807) is 0 Å². The first kappa shape index (κ1) is 29.5. The molecule has 0 radical (unpaired) electrons. The van der Waals surface area contributed by atoms with Gasteiger partial charge in [-0.2, -0.15) is 5.10 Å². The average Bonchev–Trinajstić information content (AvgIpc) is 3.40. The van der Waals surface area contributed by atoms with Crippen LogP contribution >= 0.6 is 23.2 Å². The summed E-state index contributed by atoms with van der Waals surface area (Å²) in [6.45, 7) is 14.5. The van der Waals surface area contributed by atoms with Crippen molar-refractivity contribution >= 4 is 40.8 Å². The molecule has 1 N–H and O–H groups in total. The van der Waals surface area contributed by atoms with Crippen LogP contribution in [0.25, 0.3) is 0 Å². The molecule has 1 atom stereocenters. The SMILES string of the molecule is Cc1cc(Cl)ccc1C1c2c(nn(CC3CCN(C(=O)NC(C)C)CC3)c2C(C)C)C(=O)N1c1cc(Cl)ccc1C. The summed E-state index contributed by atoms with van der Waals surface area (Å²) >= 11 is 12.8. The zero-order chi connectivity index (χ0) is 29.6. The van der Waals surface area contributed by atoms with Crippen LogP contribution in [0.3, 0.4) is 0 Å². The molecule has 1 unspecified atom stereocenters. The summed E-state index contributed by atoms with van der Waals surface area (Å²) < 4.78 is 2.07. The minimum atomic E-state index is -0.348. The molecule has 0 spiro atoms. The van der Waals surface area contributed by atoms with E-state index >= 15 is 0 Å². The molecule has 1 fully saturated rings. The van der Waals surface area contributed by atoms with Crippen molar-refractivity contribution in [1.29, 1.82) is 0 Å². The van der Waals surface area contributed by atoms with E-state index in [1.165, 1.54) is 0 Å². The topological polar surface area (TPSA) is 70.5 Å². The van der Waals surface area contributed by atoms with Gasteiger partial charge in [0.2, 0.25) is 0 Å². The molecule has 2 aromatic carbocycles. The monoisotopic (exact) mass is 595 g/mol. The number of rotatable bonds is 6. The zero-order valence-corrected chi connectivity index (χ0v) is 26.2. The third-order valence-electron chi connectivity index (χ3n) is 8.23. The third kappa shape index (κ3) is 5.71. The lowest BCUT2D eigenvalue weighted by Gasteiger charge is -2.33. The van der Waals surface area contributed by atoms with Crippen LogP contribution < -0.4 is 10.2 Å². The highest BCUT2D eigenvalue weighted by Crippen LogP contribution is 2.47. The molecule has 218 valence electrons. The average molecular weight is 597 g/mol. The summed E-state index contributed by atoms with van der Waals surface area (Å²) in [4.78, 5) is 30.5. The minimum Gasteiger partial charge on any atom is -0.336 e. The summed E-state index contributed by atoms with van der Waals surface area (Å²) in [5.74, 6) is 0.393. The standard InChI is InChI=1S/C32H39Cl2N5O2/c1-18(2)29-27-28(36-38(29)17-22-11-13-37(14-12-22)32(41)35-19(3)4)31(40)39(26-16-24(34)8-7-20(26)5)30(27)25-10-9-23(33)15-21(25)6/h7-10,15-16,18-19,22,30H,11-14,17H2,1-6H3,(H,35,41). The van der Waals surface area contributed by atoms with Gasteiger partial charge in [0.05, 0.1) is 6.04 Å². The van der Waals surface area contributed by atoms with Crippen LogP contribution in [0.4, 0.5) is 10.5 Å². The maximum absolute atomic E-state index is 14.2. The molecule has 0 aliphatic carbocycles. The fourth-order valence-corrected chi connectivity index (χ4v) is 6.65. The molecule has 3 amide bonds. The molecule has 41 heavy (non-hydrogen) atoms. The highest BCUT2D eigenvalue weighted by atomic mass is 35.5. The molecule has 5 rings (SSSR count). The second-order valence-corrected chi connectivity index (χ2v) is 12.9. The number of nitrogens with zero attached hydrogens (tertiary/aromatic N) is 4. The van der Waals surface area contributed by atoms with Crippen LogP contribution in [-0.2, 0) is 6.54 Å². The largest absolute Gasteiger partial charge is 0.336 e. The highest BCUT2D eigenvalue weighted by Gasteiger charge is 2.45. The number of hydrogen-bond donors (Lipinski definition) is 1. The number of benzene rings is 2. The van der Waals surface area contributed by atoms with Crippen molar-refractivity contribution in [1.82, 2.24) is 20.0 Å². The molecule has 1 aromatic heterocycles. The number of nitrogens with one attached hydrogen (secondary N) is 1. The van der Waals surface area contributed by atoms with E-state index in [1.807, 2.05) is 73.9 Å². The summed E-state index contributed by atoms with van der Waals surface area (Å²) in [5, 5.41) is 9.24. The number of amides is 3. The Morgan fingerprint density at radius 2 is 1.66 bits per heavy atom. The predicted octanol–water partition coefficient (Wildman–Crippen LogP) is 7.51. The number of carbonyl (C=O) groups excluding carboxylic acids is 2. The molecule has 2 aliphatic rings. The van der Waals surface area contributed by atoms with Gasteiger partial charge < -0.3 is 10.2 Å². The molecule has 1 saturated heterocycles. The van der Waals surface area contributed by atoms with E-state index in [9.17, 15) is 9.59 Å². The zero-order valence-electron chi connectivity index (χ0n) is 24.7. The maximum atomic E-state index is 14.2. The summed E-state index contributed by atoms with van der Waals surface area (Å²) in [6.07, 6.45) is 1.80. The normalized spacial score (nSPS) is 17.6. The van der Waals surface area contributed by atoms with Crippen LogP contribution in [0, 0.1) is 19.8 Å². The van der Waals surface area contributed by atoms with Gasteiger partial charge in [-0.1, -0.05) is 49.2 Å². The van der Waals surface area contributed by atoms with Crippen molar-refractivity contribution < 1.29 is 9.59 Å². The quantitative estimate of drug-likeness (QED) is 0.320. The van der Waals surface area contributed by atoms with Gasteiger partial charge in [0.15, 0.2) is 5.69 Å². The molecule has 2 aliphatic heterocycles. The van der Waals surface area contributed by atoms with Gasteiger partial charge in [-0.25, -0.2) is 4.79 Å². The first-order valence-electron chi connectivity index (χ1n) is 14.5. The number of likely N-dealkylation sites (tertiary alicyclic amines) is 1. The Hall–Kier alpha value is -3.03. The molecule has 0 bridgehead atoms. The number of piperidine rings is 1. The van der Waals surface area contributed by atoms with Gasteiger partial charge in [0.25, 0.3) is 5.91 Å².